The molecular weight excluding hydrogens is 240 g/mol. The highest BCUT2D eigenvalue weighted by molar-refractivity contribution is 7.98. The van der Waals surface area contributed by atoms with Crippen LogP contribution in [-0.2, 0) is 0 Å². The molecule has 0 amide bonds. The molecule has 1 aliphatic carbocycles. The van der Waals surface area contributed by atoms with Gasteiger partial charge in [-0.1, -0.05) is 37.5 Å². The van der Waals surface area contributed by atoms with Crippen molar-refractivity contribution in [3.8, 4) is 0 Å². The van der Waals surface area contributed by atoms with Crippen molar-refractivity contribution >= 4 is 17.8 Å². The van der Waals surface area contributed by atoms with E-state index in [2.05, 4.69) is 36.6 Å². The average molecular weight is 262 g/mol. The van der Waals surface area contributed by atoms with Crippen LogP contribution >= 0.6 is 11.8 Å². The lowest BCUT2D eigenvalue weighted by atomic mass is 9.83. The molecule has 0 saturated heterocycles. The summed E-state index contributed by atoms with van der Waals surface area (Å²) in [4.78, 5) is 1.29. The smallest absolute Gasteiger partial charge is 0.0647 e. The van der Waals surface area contributed by atoms with Crippen molar-refractivity contribution < 1.29 is 5.11 Å². The zero-order chi connectivity index (χ0) is 12.8. The van der Waals surface area contributed by atoms with Gasteiger partial charge in [-0.05, 0) is 48.3 Å². The molecule has 0 spiro atoms. The minimum atomic E-state index is 0.203. The van der Waals surface area contributed by atoms with Crippen molar-refractivity contribution in [3.05, 3.63) is 35.4 Å². The van der Waals surface area contributed by atoms with Crippen LogP contribution in [0.2, 0.25) is 0 Å². The summed E-state index contributed by atoms with van der Waals surface area (Å²) < 4.78 is 0. The highest BCUT2D eigenvalue weighted by Gasteiger charge is 2.16. The topological polar surface area (TPSA) is 20.2 Å². The molecule has 0 radical (unpaired) electrons. The number of hydrogen-bond acceptors (Lipinski definition) is 2. The van der Waals surface area contributed by atoms with E-state index in [-0.39, 0.29) is 6.61 Å². The van der Waals surface area contributed by atoms with Crippen molar-refractivity contribution in [1.82, 2.24) is 0 Å². The van der Waals surface area contributed by atoms with Gasteiger partial charge in [0.25, 0.3) is 0 Å². The van der Waals surface area contributed by atoms with Crippen molar-refractivity contribution in [3.63, 3.8) is 0 Å². The maximum absolute atomic E-state index is 9.57. The lowest BCUT2D eigenvalue weighted by Crippen LogP contribution is -2.11. The van der Waals surface area contributed by atoms with Gasteiger partial charge in [-0.3, -0.25) is 0 Å². The van der Waals surface area contributed by atoms with Gasteiger partial charge in [0.05, 0.1) is 6.61 Å². The van der Waals surface area contributed by atoms with Gasteiger partial charge < -0.3 is 5.11 Å². The Morgan fingerprint density at radius 2 is 1.89 bits per heavy atom. The Kier molecular flexibility index (Phi) is 5.33. The average Bonchev–Trinajstić information content (AvgIpc) is 2.46. The lowest BCUT2D eigenvalue weighted by molar-refractivity contribution is 0.295. The molecule has 2 heteroatoms. The van der Waals surface area contributed by atoms with Gasteiger partial charge in [0.1, 0.15) is 0 Å². The summed E-state index contributed by atoms with van der Waals surface area (Å²) in [5.74, 6) is 0.601. The number of hydrogen-bond donors (Lipinski definition) is 1. The van der Waals surface area contributed by atoms with Crippen molar-refractivity contribution in [1.29, 1.82) is 0 Å². The summed E-state index contributed by atoms with van der Waals surface area (Å²) in [6.45, 7) is 0.203. The van der Waals surface area contributed by atoms with Crippen LogP contribution in [0.1, 0.15) is 37.7 Å². The van der Waals surface area contributed by atoms with Crippen LogP contribution < -0.4 is 0 Å². The van der Waals surface area contributed by atoms with E-state index in [9.17, 15) is 5.11 Å². The second kappa shape index (κ2) is 7.01. The van der Waals surface area contributed by atoms with Gasteiger partial charge in [0.2, 0.25) is 0 Å². The van der Waals surface area contributed by atoms with Crippen LogP contribution in [0, 0.1) is 5.92 Å². The molecule has 1 saturated carbocycles. The zero-order valence-electron chi connectivity index (χ0n) is 11.1. The highest BCUT2D eigenvalue weighted by atomic mass is 32.2. The number of benzene rings is 1. The Balaban J connectivity index is 2.11. The van der Waals surface area contributed by atoms with Crippen LogP contribution in [0.5, 0.6) is 0 Å². The summed E-state index contributed by atoms with van der Waals surface area (Å²) in [7, 11) is 0. The molecule has 98 valence electrons. The molecular formula is C16H22OS. The maximum Gasteiger partial charge on any atom is 0.0647 e. The molecule has 1 nitrogen and oxygen atoms in total. The van der Waals surface area contributed by atoms with E-state index in [0.717, 1.165) is 0 Å². The number of aliphatic hydroxyl groups is 1. The fourth-order valence-corrected chi connectivity index (χ4v) is 3.09. The fourth-order valence-electron chi connectivity index (χ4n) is 2.68. The standard InChI is InChI=1S/C16H22OS/c1-18-16-9-7-13(8-10-16)11-15(12-17)14-5-3-2-4-6-14/h7-11,14,17H,2-6,12H2,1H3. The lowest BCUT2D eigenvalue weighted by Gasteiger charge is -2.23. The van der Waals surface area contributed by atoms with Crippen LogP contribution in [0.4, 0.5) is 0 Å². The molecule has 2 rings (SSSR count). The SMILES string of the molecule is CSc1ccc(C=C(CO)C2CCCCC2)cc1. The number of rotatable bonds is 4. The number of thioether (sulfide) groups is 1. The normalized spacial score (nSPS) is 18.0. The third-order valence-corrected chi connectivity index (χ3v) is 4.52. The molecule has 0 bridgehead atoms. The van der Waals surface area contributed by atoms with Gasteiger partial charge in [-0.25, -0.2) is 0 Å². The van der Waals surface area contributed by atoms with E-state index >= 15 is 0 Å². The first-order valence-electron chi connectivity index (χ1n) is 6.79. The minimum Gasteiger partial charge on any atom is -0.392 e. The van der Waals surface area contributed by atoms with Crippen LogP contribution in [0.3, 0.4) is 0 Å². The molecule has 1 aliphatic rings. The molecule has 0 heterocycles. The van der Waals surface area contributed by atoms with Gasteiger partial charge in [-0.2, -0.15) is 0 Å². The van der Waals surface area contributed by atoms with Gasteiger partial charge in [-0.15, -0.1) is 11.8 Å². The monoisotopic (exact) mass is 262 g/mol. The summed E-state index contributed by atoms with van der Waals surface area (Å²) in [5.41, 5.74) is 2.43. The highest BCUT2D eigenvalue weighted by Crippen LogP contribution is 2.30. The van der Waals surface area contributed by atoms with Crippen LogP contribution in [-0.4, -0.2) is 18.0 Å². The summed E-state index contributed by atoms with van der Waals surface area (Å²) >= 11 is 1.76. The van der Waals surface area contributed by atoms with Gasteiger partial charge in [0.15, 0.2) is 0 Å². The van der Waals surface area contributed by atoms with Crippen LogP contribution in [0.25, 0.3) is 6.08 Å². The Morgan fingerprint density at radius 3 is 2.44 bits per heavy atom. The molecule has 0 unspecified atom stereocenters. The van der Waals surface area contributed by atoms with Gasteiger partial charge in [0, 0.05) is 4.90 Å². The third kappa shape index (κ3) is 3.63. The fraction of sp³-hybridized carbons (Fsp3) is 0.500. The molecule has 1 N–H and O–H groups in total. The predicted molar refractivity (Wildman–Crippen MR) is 79.9 cm³/mol. The molecule has 1 aromatic carbocycles. The third-order valence-electron chi connectivity index (χ3n) is 3.78. The van der Waals surface area contributed by atoms with Crippen molar-refractivity contribution in [2.45, 2.75) is 37.0 Å². The Morgan fingerprint density at radius 1 is 1.22 bits per heavy atom. The quantitative estimate of drug-likeness (QED) is 0.813. The molecule has 1 fully saturated rings. The molecule has 18 heavy (non-hydrogen) atoms. The second-order valence-electron chi connectivity index (χ2n) is 4.99. The minimum absolute atomic E-state index is 0.203. The first-order chi connectivity index (χ1) is 8.83. The van der Waals surface area contributed by atoms with Crippen LogP contribution in [0.15, 0.2) is 34.7 Å². The first-order valence-corrected chi connectivity index (χ1v) is 8.01. The van der Waals surface area contributed by atoms with Crippen molar-refractivity contribution in [2.24, 2.45) is 5.92 Å². The molecule has 0 aromatic heterocycles. The largest absolute Gasteiger partial charge is 0.392 e. The Bertz CT molecular complexity index is 388. The van der Waals surface area contributed by atoms with Gasteiger partial charge >= 0.3 is 0 Å². The van der Waals surface area contributed by atoms with E-state index in [1.165, 1.54) is 48.1 Å². The van der Waals surface area contributed by atoms with Crippen molar-refractivity contribution in [2.75, 3.05) is 12.9 Å². The predicted octanol–water partition coefficient (Wildman–Crippen LogP) is 4.36. The Labute approximate surface area is 114 Å². The molecule has 1 aromatic rings. The maximum atomic E-state index is 9.57. The first kappa shape index (κ1) is 13.7. The number of aliphatic hydroxyl groups excluding tert-OH is 1. The zero-order valence-corrected chi connectivity index (χ0v) is 11.9. The van der Waals surface area contributed by atoms with E-state index in [1.54, 1.807) is 11.8 Å². The van der Waals surface area contributed by atoms with E-state index in [4.69, 9.17) is 0 Å². The van der Waals surface area contributed by atoms with E-state index in [1.807, 2.05) is 0 Å². The molecule has 0 aliphatic heterocycles. The van der Waals surface area contributed by atoms with E-state index in [0.29, 0.717) is 5.92 Å². The Hall–Kier alpha value is -0.730. The molecule has 0 atom stereocenters. The van der Waals surface area contributed by atoms with E-state index < -0.39 is 0 Å². The summed E-state index contributed by atoms with van der Waals surface area (Å²) in [6, 6.07) is 8.58. The summed E-state index contributed by atoms with van der Waals surface area (Å²) in [6.07, 6.45) is 10.7. The second-order valence-corrected chi connectivity index (χ2v) is 5.87. The summed E-state index contributed by atoms with van der Waals surface area (Å²) in [5, 5.41) is 9.57.